The van der Waals surface area contributed by atoms with E-state index in [2.05, 4.69) is 10.2 Å². The predicted molar refractivity (Wildman–Crippen MR) is 48.1 cm³/mol. The molecule has 0 aliphatic carbocycles. The molecule has 2 rings (SSSR count). The smallest absolute Gasteiger partial charge is 0.0746 e. The van der Waals surface area contributed by atoms with Gasteiger partial charge in [0.1, 0.15) is 0 Å². The van der Waals surface area contributed by atoms with E-state index in [-0.39, 0.29) is 0 Å². The lowest BCUT2D eigenvalue weighted by Crippen LogP contribution is -2.61. The first-order valence-electron chi connectivity index (χ1n) is 4.84. The average molecular weight is 170 g/mol. The van der Waals surface area contributed by atoms with E-state index in [0.29, 0.717) is 6.04 Å². The molecule has 70 valence electrons. The maximum absolute atomic E-state index is 9.85. The van der Waals surface area contributed by atoms with Crippen LogP contribution in [0.1, 0.15) is 19.8 Å². The summed E-state index contributed by atoms with van der Waals surface area (Å²) in [6.45, 7) is 6.19. The second-order valence-corrected chi connectivity index (χ2v) is 4.38. The van der Waals surface area contributed by atoms with E-state index in [1.165, 1.54) is 6.54 Å². The van der Waals surface area contributed by atoms with Crippen LogP contribution in [0.5, 0.6) is 0 Å². The summed E-state index contributed by atoms with van der Waals surface area (Å²) in [7, 11) is 0. The third-order valence-corrected chi connectivity index (χ3v) is 2.98. The van der Waals surface area contributed by atoms with Crippen molar-refractivity contribution in [1.82, 2.24) is 10.2 Å². The van der Waals surface area contributed by atoms with Crippen LogP contribution >= 0.6 is 0 Å². The van der Waals surface area contributed by atoms with Gasteiger partial charge >= 0.3 is 0 Å². The summed E-state index contributed by atoms with van der Waals surface area (Å²) in [6, 6.07) is 0.691. The van der Waals surface area contributed by atoms with Gasteiger partial charge in [0.05, 0.1) is 5.60 Å². The SMILES string of the molecule is CC1(O)CCCN(C2CNC2)C1. The highest BCUT2D eigenvalue weighted by molar-refractivity contribution is 4.91. The molecule has 1 unspecified atom stereocenters. The van der Waals surface area contributed by atoms with Gasteiger partial charge in [-0.3, -0.25) is 4.90 Å². The zero-order valence-corrected chi connectivity index (χ0v) is 7.71. The minimum atomic E-state index is -0.437. The van der Waals surface area contributed by atoms with Gasteiger partial charge in [-0.05, 0) is 26.3 Å². The highest BCUT2D eigenvalue weighted by Crippen LogP contribution is 2.22. The van der Waals surface area contributed by atoms with Crippen molar-refractivity contribution in [1.29, 1.82) is 0 Å². The van der Waals surface area contributed by atoms with E-state index in [1.54, 1.807) is 0 Å². The van der Waals surface area contributed by atoms with E-state index >= 15 is 0 Å². The standard InChI is InChI=1S/C9H18N2O/c1-9(12)3-2-4-11(7-9)8-5-10-6-8/h8,10,12H,2-7H2,1H3. The van der Waals surface area contributed by atoms with Crippen molar-refractivity contribution >= 4 is 0 Å². The quantitative estimate of drug-likeness (QED) is 0.572. The molecule has 2 N–H and O–H groups in total. The Morgan fingerprint density at radius 2 is 2.25 bits per heavy atom. The molecule has 0 bridgehead atoms. The summed E-state index contributed by atoms with van der Waals surface area (Å²) in [5.74, 6) is 0. The van der Waals surface area contributed by atoms with E-state index < -0.39 is 5.60 Å². The number of aliphatic hydroxyl groups is 1. The number of piperidine rings is 1. The van der Waals surface area contributed by atoms with Gasteiger partial charge in [-0.25, -0.2) is 0 Å². The Morgan fingerprint density at radius 1 is 1.50 bits per heavy atom. The van der Waals surface area contributed by atoms with E-state index in [1.807, 2.05) is 6.92 Å². The molecule has 2 fully saturated rings. The molecule has 12 heavy (non-hydrogen) atoms. The van der Waals surface area contributed by atoms with Crippen LogP contribution in [-0.4, -0.2) is 47.8 Å². The molecular formula is C9H18N2O. The van der Waals surface area contributed by atoms with E-state index in [9.17, 15) is 5.11 Å². The van der Waals surface area contributed by atoms with E-state index in [4.69, 9.17) is 0 Å². The number of hydrogen-bond acceptors (Lipinski definition) is 3. The van der Waals surface area contributed by atoms with Crippen LogP contribution in [0.3, 0.4) is 0 Å². The Kier molecular flexibility index (Phi) is 2.10. The van der Waals surface area contributed by atoms with E-state index in [0.717, 1.165) is 32.5 Å². The Hall–Kier alpha value is -0.120. The summed E-state index contributed by atoms with van der Waals surface area (Å²) < 4.78 is 0. The summed E-state index contributed by atoms with van der Waals surface area (Å²) >= 11 is 0. The normalized spacial score (nSPS) is 39.5. The molecular weight excluding hydrogens is 152 g/mol. The Morgan fingerprint density at radius 3 is 2.75 bits per heavy atom. The van der Waals surface area contributed by atoms with Crippen LogP contribution < -0.4 is 5.32 Å². The van der Waals surface area contributed by atoms with Gasteiger partial charge in [0, 0.05) is 25.7 Å². The Bertz CT molecular complexity index is 166. The molecule has 3 heteroatoms. The predicted octanol–water partition coefficient (Wildman–Crippen LogP) is -0.195. The maximum Gasteiger partial charge on any atom is 0.0746 e. The number of β-amino-alcohol motifs (C(OH)–C–C–N with tert-alkyl or cyclic N) is 1. The van der Waals surface area contributed by atoms with Gasteiger partial charge in [0.25, 0.3) is 0 Å². The van der Waals surface area contributed by atoms with Crippen molar-refractivity contribution in [2.45, 2.75) is 31.4 Å². The lowest BCUT2D eigenvalue weighted by Gasteiger charge is -2.44. The molecule has 2 aliphatic heterocycles. The minimum Gasteiger partial charge on any atom is -0.389 e. The summed E-state index contributed by atoms with van der Waals surface area (Å²) in [5, 5.41) is 13.1. The largest absolute Gasteiger partial charge is 0.389 e. The molecule has 0 saturated carbocycles. The Balaban J connectivity index is 1.89. The van der Waals surface area contributed by atoms with Crippen LogP contribution in [0.15, 0.2) is 0 Å². The van der Waals surface area contributed by atoms with Crippen molar-refractivity contribution in [2.24, 2.45) is 0 Å². The molecule has 0 aromatic heterocycles. The zero-order chi connectivity index (χ0) is 8.60. The van der Waals surface area contributed by atoms with Crippen molar-refractivity contribution in [3.8, 4) is 0 Å². The zero-order valence-electron chi connectivity index (χ0n) is 7.71. The van der Waals surface area contributed by atoms with Crippen molar-refractivity contribution in [3.63, 3.8) is 0 Å². The molecule has 0 amide bonds. The highest BCUT2D eigenvalue weighted by Gasteiger charge is 2.33. The van der Waals surface area contributed by atoms with Gasteiger partial charge in [0.2, 0.25) is 0 Å². The molecule has 0 radical (unpaired) electrons. The molecule has 2 saturated heterocycles. The molecule has 2 heterocycles. The van der Waals surface area contributed by atoms with Crippen molar-refractivity contribution in [2.75, 3.05) is 26.2 Å². The third kappa shape index (κ3) is 1.63. The van der Waals surface area contributed by atoms with Crippen molar-refractivity contribution < 1.29 is 5.11 Å². The Labute approximate surface area is 73.8 Å². The monoisotopic (exact) mass is 170 g/mol. The number of hydrogen-bond donors (Lipinski definition) is 2. The van der Waals surface area contributed by atoms with Gasteiger partial charge < -0.3 is 10.4 Å². The lowest BCUT2D eigenvalue weighted by molar-refractivity contribution is -0.0372. The molecule has 0 aromatic rings. The minimum absolute atomic E-state index is 0.437. The maximum atomic E-state index is 9.85. The van der Waals surface area contributed by atoms with Crippen LogP contribution in [-0.2, 0) is 0 Å². The van der Waals surface area contributed by atoms with Crippen LogP contribution in [0, 0.1) is 0 Å². The summed E-state index contributed by atoms with van der Waals surface area (Å²) in [5.41, 5.74) is -0.437. The second-order valence-electron chi connectivity index (χ2n) is 4.38. The first kappa shape index (κ1) is 8.48. The van der Waals surface area contributed by atoms with Gasteiger partial charge in [-0.15, -0.1) is 0 Å². The fourth-order valence-corrected chi connectivity index (χ4v) is 2.10. The molecule has 0 aromatic carbocycles. The van der Waals surface area contributed by atoms with Gasteiger partial charge in [-0.2, -0.15) is 0 Å². The topological polar surface area (TPSA) is 35.5 Å². The van der Waals surface area contributed by atoms with Crippen LogP contribution in [0.25, 0.3) is 0 Å². The molecule has 1 atom stereocenters. The first-order chi connectivity index (χ1) is 5.67. The van der Waals surface area contributed by atoms with Crippen LogP contribution in [0.2, 0.25) is 0 Å². The average Bonchev–Trinajstić information content (AvgIpc) is 1.80. The molecule has 3 nitrogen and oxygen atoms in total. The first-order valence-corrected chi connectivity index (χ1v) is 4.84. The number of rotatable bonds is 1. The van der Waals surface area contributed by atoms with Gasteiger partial charge in [-0.1, -0.05) is 0 Å². The third-order valence-electron chi connectivity index (χ3n) is 2.98. The molecule has 0 spiro atoms. The fourth-order valence-electron chi connectivity index (χ4n) is 2.10. The van der Waals surface area contributed by atoms with Crippen LogP contribution in [0.4, 0.5) is 0 Å². The highest BCUT2D eigenvalue weighted by atomic mass is 16.3. The summed E-state index contributed by atoms with van der Waals surface area (Å²) in [6.07, 6.45) is 2.10. The van der Waals surface area contributed by atoms with Gasteiger partial charge in [0.15, 0.2) is 0 Å². The lowest BCUT2D eigenvalue weighted by atomic mass is 9.93. The second kappa shape index (κ2) is 2.98. The molecule has 2 aliphatic rings. The number of nitrogens with one attached hydrogen (secondary N) is 1. The summed E-state index contributed by atoms with van der Waals surface area (Å²) in [4.78, 5) is 2.42. The number of nitrogens with zero attached hydrogens (tertiary/aromatic N) is 1. The fraction of sp³-hybridized carbons (Fsp3) is 1.00. The van der Waals surface area contributed by atoms with Crippen molar-refractivity contribution in [3.05, 3.63) is 0 Å². The number of likely N-dealkylation sites (tertiary alicyclic amines) is 1.